The van der Waals surface area contributed by atoms with Gasteiger partial charge in [-0.3, -0.25) is 10.1 Å². The molecule has 1 saturated heterocycles. The zero-order valence-electron chi connectivity index (χ0n) is 18.4. The van der Waals surface area contributed by atoms with Gasteiger partial charge >= 0.3 is 11.9 Å². The smallest absolute Gasteiger partial charge is 0.341 e. The van der Waals surface area contributed by atoms with E-state index in [2.05, 4.69) is 0 Å². The fourth-order valence-electron chi connectivity index (χ4n) is 3.68. The fourth-order valence-corrected chi connectivity index (χ4v) is 7.19. The van der Waals surface area contributed by atoms with Gasteiger partial charge in [-0.1, -0.05) is 17.7 Å². The molecule has 2 aromatic rings. The van der Waals surface area contributed by atoms with Gasteiger partial charge < -0.3 is 14.6 Å². The van der Waals surface area contributed by atoms with Crippen LogP contribution in [0.25, 0.3) is 0 Å². The van der Waals surface area contributed by atoms with Gasteiger partial charge in [-0.2, -0.15) is 4.31 Å². The monoisotopic (exact) mass is 510 g/mol. The van der Waals surface area contributed by atoms with Crippen LogP contribution in [0.2, 0.25) is 0 Å². The molecule has 1 aliphatic rings. The number of thioether (sulfide) groups is 1. The maximum atomic E-state index is 13.9. The molecule has 0 bridgehead atoms. The highest BCUT2D eigenvalue weighted by Crippen LogP contribution is 2.49. The Bertz CT molecular complexity index is 1180. The van der Waals surface area contributed by atoms with E-state index in [9.17, 15) is 33.2 Å². The third-order valence-electron chi connectivity index (χ3n) is 5.41. The molecule has 2 atom stereocenters. The third-order valence-corrected chi connectivity index (χ3v) is 8.74. The molecule has 0 radical (unpaired) electrons. The highest BCUT2D eigenvalue weighted by molar-refractivity contribution is 8.00. The topological polar surface area (TPSA) is 153 Å². The van der Waals surface area contributed by atoms with Gasteiger partial charge in [0.1, 0.15) is 6.10 Å². The molecule has 1 heterocycles. The lowest BCUT2D eigenvalue weighted by molar-refractivity contribution is -0.384. The molecule has 0 spiro atoms. The van der Waals surface area contributed by atoms with Crippen molar-refractivity contribution in [2.45, 2.75) is 28.8 Å². The van der Waals surface area contributed by atoms with Crippen LogP contribution in [0.4, 0.5) is 5.69 Å². The number of carbonyl (C=O) groups is 2. The molecule has 34 heavy (non-hydrogen) atoms. The highest BCUT2D eigenvalue weighted by atomic mass is 32.2. The van der Waals surface area contributed by atoms with Gasteiger partial charge in [-0.15, -0.1) is 11.8 Å². The molecule has 1 aliphatic heterocycles. The number of benzene rings is 2. The van der Waals surface area contributed by atoms with E-state index in [4.69, 9.17) is 9.47 Å². The van der Waals surface area contributed by atoms with Gasteiger partial charge in [0.15, 0.2) is 0 Å². The zero-order chi connectivity index (χ0) is 25.3. The molecule has 13 heteroatoms. The molecule has 182 valence electrons. The molecule has 1 N–H and O–H groups in total. The molecule has 11 nitrogen and oxygen atoms in total. The van der Waals surface area contributed by atoms with Gasteiger partial charge in [0.2, 0.25) is 10.0 Å². The molecule has 0 aromatic heterocycles. The molecule has 0 unspecified atom stereocenters. The van der Waals surface area contributed by atoms with E-state index in [0.29, 0.717) is 4.31 Å². The molecule has 0 amide bonds. The van der Waals surface area contributed by atoms with Crippen molar-refractivity contribution in [3.05, 3.63) is 69.8 Å². The van der Waals surface area contributed by atoms with Gasteiger partial charge in [-0.05, 0) is 36.8 Å². The van der Waals surface area contributed by atoms with Crippen molar-refractivity contribution in [1.82, 2.24) is 4.31 Å². The van der Waals surface area contributed by atoms with Crippen molar-refractivity contribution in [1.29, 1.82) is 0 Å². The Balaban J connectivity index is 2.33. The van der Waals surface area contributed by atoms with Crippen molar-refractivity contribution >= 4 is 39.4 Å². The summed E-state index contributed by atoms with van der Waals surface area (Å²) in [7, 11) is -2.72. The van der Waals surface area contributed by atoms with Gasteiger partial charge in [0.05, 0.1) is 29.4 Å². The third kappa shape index (κ3) is 4.15. The first kappa shape index (κ1) is 25.6. The molecule has 2 aromatic carbocycles. The summed E-state index contributed by atoms with van der Waals surface area (Å²) in [6.45, 7) is 1.75. The zero-order valence-corrected chi connectivity index (χ0v) is 20.0. The summed E-state index contributed by atoms with van der Waals surface area (Å²) in [5, 5.41) is 20.7. The van der Waals surface area contributed by atoms with Crippen molar-refractivity contribution in [3.63, 3.8) is 0 Å². The van der Waals surface area contributed by atoms with Crippen molar-refractivity contribution in [2.24, 2.45) is 0 Å². The van der Waals surface area contributed by atoms with Crippen LogP contribution in [-0.4, -0.2) is 66.3 Å². The van der Waals surface area contributed by atoms with Crippen LogP contribution >= 0.6 is 11.8 Å². The Labute approximate surface area is 199 Å². The first-order valence-electron chi connectivity index (χ1n) is 9.83. The number of aliphatic hydroxyl groups excluding tert-OH is 1. The van der Waals surface area contributed by atoms with Gasteiger partial charge in [0.25, 0.3) is 11.2 Å². The number of nitrogens with zero attached hydrogens (tertiary/aromatic N) is 2. The number of hydrogen-bond acceptors (Lipinski definition) is 10. The summed E-state index contributed by atoms with van der Waals surface area (Å²) < 4.78 is 38.1. The minimum atomic E-state index is -4.64. The molecular weight excluding hydrogens is 488 g/mol. The van der Waals surface area contributed by atoms with Crippen LogP contribution in [0.1, 0.15) is 16.5 Å². The Kier molecular flexibility index (Phi) is 7.31. The van der Waals surface area contributed by atoms with Crippen molar-refractivity contribution < 1.29 is 37.5 Å². The first-order chi connectivity index (χ1) is 16.0. The summed E-state index contributed by atoms with van der Waals surface area (Å²) in [5.41, 5.74) is -1.98. The van der Waals surface area contributed by atoms with E-state index in [0.717, 1.165) is 31.5 Å². The maximum Gasteiger partial charge on any atom is 0.341 e. The van der Waals surface area contributed by atoms with E-state index in [1.165, 1.54) is 36.4 Å². The molecule has 1 fully saturated rings. The lowest BCUT2D eigenvalue weighted by atomic mass is 9.92. The van der Waals surface area contributed by atoms with Crippen LogP contribution in [0.3, 0.4) is 0 Å². The molecule has 3 rings (SSSR count). The number of sulfonamides is 1. The SMILES string of the molecule is COC(=O)C1(C(=O)OC)[C@H](O)CS[C@@H](c2ccc([N+](=O)[O-])cc2)N1S(=O)(=O)c1ccc(C)cc1. The van der Waals surface area contributed by atoms with Gasteiger partial charge in [-0.25, -0.2) is 18.0 Å². The maximum absolute atomic E-state index is 13.9. The normalized spacial score (nSPS) is 20.4. The number of nitro benzene ring substituents is 1. The van der Waals surface area contributed by atoms with Crippen LogP contribution in [0.5, 0.6) is 0 Å². The minimum Gasteiger partial charge on any atom is -0.467 e. The van der Waals surface area contributed by atoms with Gasteiger partial charge in [0, 0.05) is 17.9 Å². The molecule has 0 aliphatic carbocycles. The highest BCUT2D eigenvalue weighted by Gasteiger charge is 2.67. The number of rotatable bonds is 6. The summed E-state index contributed by atoms with van der Waals surface area (Å²) in [4.78, 5) is 36.4. The molecular formula is C21H22N2O9S2. The molecule has 0 saturated carbocycles. The summed E-state index contributed by atoms with van der Waals surface area (Å²) in [6.07, 6.45) is -1.81. The number of aryl methyl sites for hydroxylation is 1. The Morgan fingerprint density at radius 2 is 1.62 bits per heavy atom. The van der Waals surface area contributed by atoms with E-state index >= 15 is 0 Å². The van der Waals surface area contributed by atoms with E-state index in [1.54, 1.807) is 19.1 Å². The van der Waals surface area contributed by atoms with E-state index in [-0.39, 0.29) is 21.9 Å². The van der Waals surface area contributed by atoms with E-state index in [1.807, 2.05) is 0 Å². The standard InChI is InChI=1S/C21H22N2O9S2/c1-13-4-10-16(11-5-13)34(29,30)22-18(14-6-8-15(9-7-14)23(27)28)33-12-17(24)21(22,19(25)31-2)20(26)32-3/h4-11,17-18,24H,12H2,1-3H3/t17-,18+/m1/s1. The van der Waals surface area contributed by atoms with Crippen LogP contribution in [0.15, 0.2) is 53.4 Å². The number of ether oxygens (including phenoxy) is 2. The largest absolute Gasteiger partial charge is 0.467 e. The van der Waals surface area contributed by atoms with E-state index < -0.39 is 43.9 Å². The van der Waals surface area contributed by atoms with Crippen molar-refractivity contribution in [3.8, 4) is 0 Å². The second-order valence-corrected chi connectivity index (χ2v) is 10.3. The number of esters is 2. The van der Waals surface area contributed by atoms with Crippen LogP contribution < -0.4 is 0 Å². The number of non-ortho nitro benzene ring substituents is 1. The average molecular weight is 511 g/mol. The number of hydrogen-bond donors (Lipinski definition) is 1. The van der Waals surface area contributed by atoms with Crippen molar-refractivity contribution in [2.75, 3.05) is 20.0 Å². The Hall–Kier alpha value is -3.00. The number of nitro groups is 1. The predicted octanol–water partition coefficient (Wildman–Crippen LogP) is 1.79. The number of methoxy groups -OCH3 is 2. The second-order valence-electron chi connectivity index (χ2n) is 7.41. The summed E-state index contributed by atoms with van der Waals surface area (Å²) >= 11 is 0.941. The lowest BCUT2D eigenvalue weighted by Crippen LogP contribution is -2.71. The first-order valence-corrected chi connectivity index (χ1v) is 12.3. The average Bonchev–Trinajstić information content (AvgIpc) is 2.83. The Morgan fingerprint density at radius 1 is 1.09 bits per heavy atom. The summed E-state index contributed by atoms with van der Waals surface area (Å²) in [6, 6.07) is 10.7. The number of aliphatic hydroxyl groups is 1. The Morgan fingerprint density at radius 3 is 2.09 bits per heavy atom. The summed E-state index contributed by atoms with van der Waals surface area (Å²) in [5.74, 6) is -2.88. The quantitative estimate of drug-likeness (QED) is 0.263. The minimum absolute atomic E-state index is 0.230. The predicted molar refractivity (Wildman–Crippen MR) is 121 cm³/mol. The van der Waals surface area contributed by atoms with Crippen LogP contribution in [-0.2, 0) is 29.1 Å². The lowest BCUT2D eigenvalue weighted by Gasteiger charge is -2.47. The fraction of sp³-hybridized carbons (Fsp3) is 0.333. The second kappa shape index (κ2) is 9.70. The van der Waals surface area contributed by atoms with Crippen LogP contribution in [0, 0.1) is 17.0 Å². The number of carbonyl (C=O) groups excluding carboxylic acids is 2.